The van der Waals surface area contributed by atoms with Crippen LogP contribution in [0.25, 0.3) is 22.0 Å². The number of halogens is 2. The van der Waals surface area contributed by atoms with Crippen molar-refractivity contribution in [3.63, 3.8) is 0 Å². The second kappa shape index (κ2) is 9.30. The Morgan fingerprint density at radius 1 is 1.00 bits per heavy atom. The van der Waals surface area contributed by atoms with Crippen molar-refractivity contribution in [1.29, 1.82) is 0 Å². The van der Waals surface area contributed by atoms with Crippen LogP contribution in [0, 0.1) is 17.6 Å². The summed E-state index contributed by atoms with van der Waals surface area (Å²) in [5.74, 6) is -2.51. The zero-order chi connectivity index (χ0) is 23.7. The number of rotatable bonds is 4. The molecule has 0 radical (unpaired) electrons. The van der Waals surface area contributed by atoms with Crippen LogP contribution in [0.5, 0.6) is 0 Å². The first-order chi connectivity index (χ1) is 16.5. The molecule has 8 heteroatoms. The van der Waals surface area contributed by atoms with Gasteiger partial charge in [0.15, 0.2) is 5.13 Å². The van der Waals surface area contributed by atoms with Crippen molar-refractivity contribution in [3.05, 3.63) is 83.2 Å². The number of nitrogens with zero attached hydrogens (tertiary/aromatic N) is 2. The third kappa shape index (κ3) is 4.41. The van der Waals surface area contributed by atoms with Gasteiger partial charge in [-0.15, -0.1) is 11.3 Å². The predicted octanol–water partition coefficient (Wildman–Crippen LogP) is 5.73. The average Bonchev–Trinajstić information content (AvgIpc) is 3.31. The highest BCUT2D eigenvalue weighted by Crippen LogP contribution is 2.31. The molecule has 1 aromatic heterocycles. The molecule has 2 heterocycles. The summed E-state index contributed by atoms with van der Waals surface area (Å²) in [6.07, 6.45) is 0.921. The molecule has 1 aliphatic heterocycles. The summed E-state index contributed by atoms with van der Waals surface area (Å²) >= 11 is 1.37. The number of benzene rings is 3. The molecule has 5 rings (SSSR count). The fourth-order valence-corrected chi connectivity index (χ4v) is 5.00. The molecule has 5 nitrogen and oxygen atoms in total. The molecule has 0 saturated carbocycles. The molecule has 0 aliphatic carbocycles. The van der Waals surface area contributed by atoms with E-state index in [4.69, 9.17) is 0 Å². The number of fused-ring (bicyclic) bond motifs is 1. The van der Waals surface area contributed by atoms with E-state index in [1.807, 2.05) is 29.6 Å². The van der Waals surface area contributed by atoms with Crippen LogP contribution in [-0.2, 0) is 4.79 Å². The second-order valence-electron chi connectivity index (χ2n) is 8.24. The van der Waals surface area contributed by atoms with E-state index in [1.54, 1.807) is 0 Å². The minimum atomic E-state index is -0.879. The number of likely N-dealkylation sites (tertiary alicyclic amines) is 1. The van der Waals surface area contributed by atoms with Crippen molar-refractivity contribution in [2.45, 2.75) is 12.8 Å². The molecular formula is C26H21F2N3O2S. The Morgan fingerprint density at radius 3 is 2.56 bits per heavy atom. The van der Waals surface area contributed by atoms with Gasteiger partial charge in [-0.25, -0.2) is 13.8 Å². The van der Waals surface area contributed by atoms with Gasteiger partial charge in [0.25, 0.3) is 5.91 Å². The van der Waals surface area contributed by atoms with Gasteiger partial charge in [0.05, 0.1) is 11.3 Å². The van der Waals surface area contributed by atoms with Crippen LogP contribution in [0.3, 0.4) is 0 Å². The summed E-state index contributed by atoms with van der Waals surface area (Å²) < 4.78 is 27.1. The number of hydrogen-bond donors (Lipinski definition) is 1. The predicted molar refractivity (Wildman–Crippen MR) is 129 cm³/mol. The Balaban J connectivity index is 1.22. The summed E-state index contributed by atoms with van der Waals surface area (Å²) in [7, 11) is 0. The van der Waals surface area contributed by atoms with Crippen LogP contribution < -0.4 is 5.32 Å². The SMILES string of the molecule is O=C(Nc1nc(-c2cccc3ccccc23)cs1)C1CCN(C(=O)c2ccc(F)cc2F)CC1. The Bertz CT molecular complexity index is 1370. The van der Waals surface area contributed by atoms with E-state index in [2.05, 4.69) is 28.5 Å². The highest BCUT2D eigenvalue weighted by atomic mass is 32.1. The molecule has 0 bridgehead atoms. The molecule has 4 aromatic rings. The van der Waals surface area contributed by atoms with Crippen LogP contribution in [-0.4, -0.2) is 34.8 Å². The number of aromatic nitrogens is 1. The summed E-state index contributed by atoms with van der Waals surface area (Å²) in [5.41, 5.74) is 1.65. The fourth-order valence-electron chi connectivity index (χ4n) is 4.29. The molecule has 2 amide bonds. The van der Waals surface area contributed by atoms with Crippen molar-refractivity contribution in [1.82, 2.24) is 9.88 Å². The maximum absolute atomic E-state index is 14.0. The fraction of sp³-hybridized carbons (Fsp3) is 0.192. The molecule has 0 unspecified atom stereocenters. The van der Waals surface area contributed by atoms with Gasteiger partial charge >= 0.3 is 0 Å². The lowest BCUT2D eigenvalue weighted by molar-refractivity contribution is -0.121. The Labute approximate surface area is 199 Å². The first-order valence-corrected chi connectivity index (χ1v) is 11.9. The zero-order valence-corrected chi connectivity index (χ0v) is 18.9. The maximum Gasteiger partial charge on any atom is 0.256 e. The van der Waals surface area contributed by atoms with Crippen LogP contribution in [0.2, 0.25) is 0 Å². The summed E-state index contributed by atoms with van der Waals surface area (Å²) in [6, 6.07) is 17.1. The third-order valence-corrected chi connectivity index (χ3v) is 6.87. The van der Waals surface area contributed by atoms with Crippen molar-refractivity contribution in [2.75, 3.05) is 18.4 Å². The standard InChI is InChI=1S/C26H21F2N3O2S/c27-18-8-9-21(22(28)14-18)25(33)31-12-10-17(11-13-31)24(32)30-26-29-23(15-34-26)20-7-3-5-16-4-1-2-6-19(16)20/h1-9,14-15,17H,10-13H2,(H,29,30,32). The lowest BCUT2D eigenvalue weighted by Crippen LogP contribution is -2.41. The largest absolute Gasteiger partial charge is 0.339 e. The molecule has 1 aliphatic rings. The van der Waals surface area contributed by atoms with E-state index in [0.717, 1.165) is 34.2 Å². The molecule has 0 atom stereocenters. The molecular weight excluding hydrogens is 456 g/mol. The molecule has 1 saturated heterocycles. The first kappa shape index (κ1) is 22.2. The summed E-state index contributed by atoms with van der Waals surface area (Å²) in [5, 5.41) is 7.58. The Kier molecular flexibility index (Phi) is 6.06. The number of hydrogen-bond acceptors (Lipinski definition) is 4. The minimum absolute atomic E-state index is 0.140. The van der Waals surface area contributed by atoms with Crippen LogP contribution in [0.15, 0.2) is 66.0 Å². The van der Waals surface area contributed by atoms with E-state index < -0.39 is 17.5 Å². The van der Waals surface area contributed by atoms with Crippen LogP contribution in [0.4, 0.5) is 13.9 Å². The average molecular weight is 478 g/mol. The zero-order valence-electron chi connectivity index (χ0n) is 18.1. The van der Waals surface area contributed by atoms with E-state index in [0.29, 0.717) is 37.1 Å². The number of carbonyl (C=O) groups is 2. The van der Waals surface area contributed by atoms with Gasteiger partial charge in [-0.2, -0.15) is 0 Å². The van der Waals surface area contributed by atoms with E-state index >= 15 is 0 Å². The monoisotopic (exact) mass is 477 g/mol. The van der Waals surface area contributed by atoms with E-state index in [1.165, 1.54) is 16.2 Å². The number of amides is 2. The van der Waals surface area contributed by atoms with Crippen molar-refractivity contribution in [3.8, 4) is 11.3 Å². The highest BCUT2D eigenvalue weighted by molar-refractivity contribution is 7.14. The van der Waals surface area contributed by atoms with Gasteiger partial charge in [0, 0.05) is 36.0 Å². The van der Waals surface area contributed by atoms with Crippen molar-refractivity contribution >= 4 is 39.1 Å². The van der Waals surface area contributed by atoms with Gasteiger partial charge in [-0.05, 0) is 35.7 Å². The van der Waals surface area contributed by atoms with Crippen molar-refractivity contribution < 1.29 is 18.4 Å². The number of anilines is 1. The molecule has 0 spiro atoms. The summed E-state index contributed by atoms with van der Waals surface area (Å²) in [6.45, 7) is 0.653. The Morgan fingerprint density at radius 2 is 1.76 bits per heavy atom. The molecule has 1 fully saturated rings. The number of nitrogens with one attached hydrogen (secondary N) is 1. The van der Waals surface area contributed by atoms with Gasteiger partial charge < -0.3 is 10.2 Å². The lowest BCUT2D eigenvalue weighted by atomic mass is 9.95. The number of thiazole rings is 1. The lowest BCUT2D eigenvalue weighted by Gasteiger charge is -2.31. The van der Waals surface area contributed by atoms with E-state index in [9.17, 15) is 18.4 Å². The summed E-state index contributed by atoms with van der Waals surface area (Å²) in [4.78, 5) is 31.5. The van der Waals surface area contributed by atoms with Crippen molar-refractivity contribution in [2.24, 2.45) is 5.92 Å². The van der Waals surface area contributed by atoms with Crippen LogP contribution >= 0.6 is 11.3 Å². The number of carbonyl (C=O) groups excluding carboxylic acids is 2. The van der Waals surface area contributed by atoms with Gasteiger partial charge in [0.2, 0.25) is 5.91 Å². The smallest absolute Gasteiger partial charge is 0.256 e. The second-order valence-corrected chi connectivity index (χ2v) is 9.10. The van der Waals surface area contributed by atoms with Gasteiger partial charge in [-0.3, -0.25) is 9.59 Å². The third-order valence-electron chi connectivity index (χ3n) is 6.11. The molecule has 172 valence electrons. The van der Waals surface area contributed by atoms with Crippen LogP contribution in [0.1, 0.15) is 23.2 Å². The minimum Gasteiger partial charge on any atom is -0.339 e. The topological polar surface area (TPSA) is 62.3 Å². The van der Waals surface area contributed by atoms with E-state index in [-0.39, 0.29) is 17.4 Å². The Hall–Kier alpha value is -3.65. The first-order valence-electron chi connectivity index (χ1n) is 11.0. The van der Waals surface area contributed by atoms with Gasteiger partial charge in [0.1, 0.15) is 11.6 Å². The maximum atomic E-state index is 14.0. The quantitative estimate of drug-likeness (QED) is 0.408. The molecule has 34 heavy (non-hydrogen) atoms. The normalized spacial score (nSPS) is 14.4. The molecule has 1 N–H and O–H groups in total. The molecule has 3 aromatic carbocycles. The highest BCUT2D eigenvalue weighted by Gasteiger charge is 2.29. The number of piperidine rings is 1. The van der Waals surface area contributed by atoms with Gasteiger partial charge in [-0.1, -0.05) is 42.5 Å².